The van der Waals surface area contributed by atoms with Gasteiger partial charge in [0.2, 0.25) is 5.91 Å². The molecule has 3 amide bonds. The van der Waals surface area contributed by atoms with E-state index in [0.29, 0.717) is 30.2 Å². The Labute approximate surface area is 209 Å². The van der Waals surface area contributed by atoms with Crippen LogP contribution >= 0.6 is 11.3 Å². The summed E-state index contributed by atoms with van der Waals surface area (Å²) >= 11 is 1.34. The highest BCUT2D eigenvalue weighted by Crippen LogP contribution is 2.27. The summed E-state index contributed by atoms with van der Waals surface area (Å²) in [5.74, 6) is 0.223. The van der Waals surface area contributed by atoms with Crippen LogP contribution in [0.4, 0.5) is 15.6 Å². The molecular weight excluding hydrogens is 456 g/mol. The van der Waals surface area contributed by atoms with Crippen LogP contribution in [0.5, 0.6) is 0 Å². The van der Waals surface area contributed by atoms with E-state index in [-0.39, 0.29) is 17.9 Å². The predicted molar refractivity (Wildman–Crippen MR) is 142 cm³/mol. The molecule has 4 rings (SSSR count). The number of hydrogen-bond acceptors (Lipinski definition) is 4. The summed E-state index contributed by atoms with van der Waals surface area (Å²) in [6.45, 7) is 0.594. The molecule has 0 aliphatic carbocycles. The highest BCUT2D eigenvalue weighted by atomic mass is 32.1. The number of benzene rings is 3. The molecule has 0 saturated carbocycles. The minimum atomic E-state index is -0.346. The molecule has 1 aromatic heterocycles. The van der Waals surface area contributed by atoms with E-state index >= 15 is 0 Å². The Morgan fingerprint density at radius 1 is 0.800 bits per heavy atom. The summed E-state index contributed by atoms with van der Waals surface area (Å²) in [7, 11) is 0. The maximum absolute atomic E-state index is 12.4. The molecular formula is C28H28N4O2S. The first kappa shape index (κ1) is 24.2. The van der Waals surface area contributed by atoms with E-state index in [1.54, 1.807) is 0 Å². The number of aryl methyl sites for hydroxylation is 1. The molecule has 3 aromatic carbocycles. The Balaban J connectivity index is 1.22. The predicted octanol–water partition coefficient (Wildman–Crippen LogP) is 6.06. The molecule has 0 fully saturated rings. The zero-order chi connectivity index (χ0) is 24.3. The van der Waals surface area contributed by atoms with Gasteiger partial charge in [0.15, 0.2) is 5.13 Å². The second-order valence-electron chi connectivity index (χ2n) is 8.10. The van der Waals surface area contributed by atoms with Crippen LogP contribution in [-0.2, 0) is 11.2 Å². The third kappa shape index (κ3) is 7.52. The number of rotatable bonds is 10. The molecule has 0 bridgehead atoms. The van der Waals surface area contributed by atoms with Gasteiger partial charge in [-0.3, -0.25) is 10.1 Å². The van der Waals surface area contributed by atoms with Crippen molar-refractivity contribution in [1.82, 2.24) is 10.3 Å². The summed E-state index contributed by atoms with van der Waals surface area (Å²) in [6, 6.07) is 29.6. The molecule has 4 aromatic rings. The number of thiazole rings is 1. The van der Waals surface area contributed by atoms with Gasteiger partial charge in [-0.2, -0.15) is 0 Å². The molecule has 0 atom stereocenters. The van der Waals surface area contributed by atoms with Gasteiger partial charge < -0.3 is 10.6 Å². The van der Waals surface area contributed by atoms with E-state index in [4.69, 9.17) is 0 Å². The lowest BCUT2D eigenvalue weighted by molar-refractivity contribution is -0.121. The standard InChI is InChI=1S/C28H28N4O2S/c33-26(29-19-18-25(21-10-4-1-5-11-21)22-12-6-2-7-13-22)17-16-24-20-35-28(31-24)32-27(34)30-23-14-8-3-9-15-23/h1-15,20,25H,16-19H2,(H,29,33)(H2,30,31,32,34). The van der Waals surface area contributed by atoms with Gasteiger partial charge in [0.1, 0.15) is 0 Å². The third-order valence-corrected chi connectivity index (χ3v) is 6.38. The Bertz CT molecular complexity index is 1170. The number of urea groups is 1. The number of aromatic nitrogens is 1. The molecule has 6 nitrogen and oxygen atoms in total. The molecule has 7 heteroatoms. The first-order valence-corrected chi connectivity index (χ1v) is 12.5. The van der Waals surface area contributed by atoms with Crippen molar-refractivity contribution in [1.29, 1.82) is 0 Å². The number of carbonyl (C=O) groups is 2. The van der Waals surface area contributed by atoms with Gasteiger partial charge in [0.05, 0.1) is 5.69 Å². The fourth-order valence-corrected chi connectivity index (χ4v) is 4.58. The average Bonchev–Trinajstić information content (AvgIpc) is 3.34. The smallest absolute Gasteiger partial charge is 0.325 e. The lowest BCUT2D eigenvalue weighted by Gasteiger charge is -2.18. The van der Waals surface area contributed by atoms with Crippen LogP contribution in [0.3, 0.4) is 0 Å². The van der Waals surface area contributed by atoms with Crippen LogP contribution < -0.4 is 16.0 Å². The van der Waals surface area contributed by atoms with Gasteiger partial charge in [0.25, 0.3) is 0 Å². The van der Waals surface area contributed by atoms with Crippen molar-refractivity contribution in [2.45, 2.75) is 25.2 Å². The molecule has 178 valence electrons. The van der Waals surface area contributed by atoms with E-state index in [0.717, 1.165) is 12.1 Å². The SMILES string of the molecule is O=C(CCc1csc(NC(=O)Nc2ccccc2)n1)NCCC(c1ccccc1)c1ccccc1. The second-order valence-corrected chi connectivity index (χ2v) is 8.96. The van der Waals surface area contributed by atoms with Crippen molar-refractivity contribution in [3.8, 4) is 0 Å². The van der Waals surface area contributed by atoms with Crippen LogP contribution in [0.25, 0.3) is 0 Å². The normalized spacial score (nSPS) is 10.7. The number of anilines is 2. The number of carbonyl (C=O) groups excluding carboxylic acids is 2. The molecule has 0 spiro atoms. The summed E-state index contributed by atoms with van der Waals surface area (Å²) in [6.07, 6.45) is 1.69. The zero-order valence-electron chi connectivity index (χ0n) is 19.3. The van der Waals surface area contributed by atoms with Crippen molar-refractivity contribution in [3.05, 3.63) is 113 Å². The number of nitrogens with one attached hydrogen (secondary N) is 3. The maximum Gasteiger partial charge on any atom is 0.325 e. The third-order valence-electron chi connectivity index (χ3n) is 5.57. The quantitative estimate of drug-likeness (QED) is 0.256. The van der Waals surface area contributed by atoms with Crippen molar-refractivity contribution < 1.29 is 9.59 Å². The van der Waals surface area contributed by atoms with E-state index in [2.05, 4.69) is 45.2 Å². The van der Waals surface area contributed by atoms with E-state index in [1.165, 1.54) is 22.5 Å². The van der Waals surface area contributed by atoms with Crippen LogP contribution in [0.1, 0.15) is 35.6 Å². The Morgan fingerprint density at radius 3 is 2.03 bits per heavy atom. The van der Waals surface area contributed by atoms with Gasteiger partial charge in [0, 0.05) is 30.0 Å². The molecule has 3 N–H and O–H groups in total. The molecule has 0 radical (unpaired) electrons. The minimum absolute atomic E-state index is 0.00537. The van der Waals surface area contributed by atoms with Gasteiger partial charge in [-0.1, -0.05) is 78.9 Å². The first-order valence-electron chi connectivity index (χ1n) is 11.6. The molecule has 0 aliphatic rings. The largest absolute Gasteiger partial charge is 0.356 e. The van der Waals surface area contributed by atoms with Crippen LogP contribution in [-0.4, -0.2) is 23.5 Å². The van der Waals surface area contributed by atoms with E-state index in [9.17, 15) is 9.59 Å². The summed E-state index contributed by atoms with van der Waals surface area (Å²) in [4.78, 5) is 29.0. The highest BCUT2D eigenvalue weighted by Gasteiger charge is 2.14. The monoisotopic (exact) mass is 484 g/mol. The average molecular weight is 485 g/mol. The van der Waals surface area contributed by atoms with Crippen molar-refractivity contribution in [3.63, 3.8) is 0 Å². The Kier molecular flexibility index (Phi) is 8.62. The van der Waals surface area contributed by atoms with E-state index < -0.39 is 0 Å². The van der Waals surface area contributed by atoms with Gasteiger partial charge in [-0.05, 0) is 36.1 Å². The Hall–Kier alpha value is -3.97. The first-order chi connectivity index (χ1) is 17.2. The lowest BCUT2D eigenvalue weighted by atomic mass is 9.88. The van der Waals surface area contributed by atoms with Crippen molar-refractivity contribution in [2.24, 2.45) is 0 Å². The maximum atomic E-state index is 12.4. The highest BCUT2D eigenvalue weighted by molar-refractivity contribution is 7.13. The van der Waals surface area contributed by atoms with Crippen LogP contribution in [0.2, 0.25) is 0 Å². The van der Waals surface area contributed by atoms with Crippen LogP contribution in [0.15, 0.2) is 96.4 Å². The Morgan fingerprint density at radius 2 is 1.40 bits per heavy atom. The van der Waals surface area contributed by atoms with Crippen LogP contribution in [0, 0.1) is 0 Å². The van der Waals surface area contributed by atoms with Crippen molar-refractivity contribution >= 4 is 34.1 Å². The number of amides is 3. The number of hydrogen-bond donors (Lipinski definition) is 3. The summed E-state index contributed by atoms with van der Waals surface area (Å²) in [5, 5.41) is 10.9. The van der Waals surface area contributed by atoms with E-state index in [1.807, 2.05) is 72.1 Å². The topological polar surface area (TPSA) is 83.1 Å². The molecule has 0 unspecified atom stereocenters. The molecule has 0 aliphatic heterocycles. The fraction of sp³-hybridized carbons (Fsp3) is 0.179. The zero-order valence-corrected chi connectivity index (χ0v) is 20.1. The number of nitrogens with zero attached hydrogens (tertiary/aromatic N) is 1. The van der Waals surface area contributed by atoms with Gasteiger partial charge in [-0.25, -0.2) is 9.78 Å². The molecule has 1 heterocycles. The summed E-state index contributed by atoms with van der Waals surface area (Å²) in [5.41, 5.74) is 3.98. The summed E-state index contributed by atoms with van der Waals surface area (Å²) < 4.78 is 0. The number of para-hydroxylation sites is 1. The molecule has 0 saturated heterocycles. The van der Waals surface area contributed by atoms with Gasteiger partial charge in [-0.15, -0.1) is 11.3 Å². The molecule has 35 heavy (non-hydrogen) atoms. The van der Waals surface area contributed by atoms with Gasteiger partial charge >= 0.3 is 6.03 Å². The lowest BCUT2D eigenvalue weighted by Crippen LogP contribution is -2.26. The fourth-order valence-electron chi connectivity index (χ4n) is 3.84. The minimum Gasteiger partial charge on any atom is -0.356 e. The second kappa shape index (κ2) is 12.5. The van der Waals surface area contributed by atoms with Crippen molar-refractivity contribution in [2.75, 3.05) is 17.2 Å².